The first-order valence-electron chi connectivity index (χ1n) is 11.0. The fourth-order valence-corrected chi connectivity index (χ4v) is 4.32. The van der Waals surface area contributed by atoms with Crippen LogP contribution in [-0.2, 0) is 22.5 Å². The van der Waals surface area contributed by atoms with Gasteiger partial charge in [0, 0.05) is 51.2 Å². The van der Waals surface area contributed by atoms with E-state index in [0.717, 1.165) is 25.1 Å². The number of fused-ring (bicyclic) bond motifs is 1. The lowest BCUT2D eigenvalue weighted by molar-refractivity contribution is -0.147. The minimum Gasteiger partial charge on any atom is -0.363 e. The molecule has 1 unspecified atom stereocenters. The number of amides is 1. The van der Waals surface area contributed by atoms with Gasteiger partial charge in [-0.05, 0) is 29.7 Å². The molecule has 9 heteroatoms. The highest BCUT2D eigenvalue weighted by atomic mass is 16.5. The van der Waals surface area contributed by atoms with E-state index in [4.69, 9.17) is 4.74 Å². The second-order valence-corrected chi connectivity index (χ2v) is 8.07. The molecule has 1 saturated heterocycles. The number of piperazine rings is 1. The van der Waals surface area contributed by atoms with Crippen LogP contribution in [0.2, 0.25) is 0 Å². The van der Waals surface area contributed by atoms with Crippen molar-refractivity contribution in [3.8, 4) is 5.82 Å². The lowest BCUT2D eigenvalue weighted by Crippen LogP contribution is -2.51. The highest BCUT2D eigenvalue weighted by molar-refractivity contribution is 5.83. The van der Waals surface area contributed by atoms with Gasteiger partial charge < -0.3 is 9.64 Å². The Bertz CT molecular complexity index is 1130. The molecular formula is C23H26N6O3. The third-order valence-electron chi connectivity index (χ3n) is 6.12. The molecule has 2 aliphatic heterocycles. The maximum absolute atomic E-state index is 13.1. The summed E-state index contributed by atoms with van der Waals surface area (Å²) in [6.07, 6.45) is 3.82. The molecule has 5 rings (SSSR count). The lowest BCUT2D eigenvalue weighted by Gasteiger charge is -2.37. The SMILES string of the molecule is O=C(C1OCCc2ccccc21)N1CCN(CCn2nc(-n3cccn3)ccc2=O)CC1. The van der Waals surface area contributed by atoms with Gasteiger partial charge in [-0.15, -0.1) is 5.10 Å². The average molecular weight is 435 g/mol. The largest absolute Gasteiger partial charge is 0.363 e. The van der Waals surface area contributed by atoms with Crippen LogP contribution in [0.5, 0.6) is 0 Å². The van der Waals surface area contributed by atoms with E-state index in [9.17, 15) is 9.59 Å². The normalized spacial score (nSPS) is 19.0. The molecule has 1 amide bonds. The molecule has 1 aromatic carbocycles. The molecule has 0 saturated carbocycles. The van der Waals surface area contributed by atoms with Gasteiger partial charge in [-0.1, -0.05) is 24.3 Å². The first-order chi connectivity index (χ1) is 15.7. The van der Waals surface area contributed by atoms with Gasteiger partial charge in [-0.2, -0.15) is 5.10 Å². The van der Waals surface area contributed by atoms with Crippen molar-refractivity contribution in [1.29, 1.82) is 0 Å². The maximum Gasteiger partial charge on any atom is 0.266 e. The Morgan fingerprint density at radius 2 is 1.88 bits per heavy atom. The first-order valence-corrected chi connectivity index (χ1v) is 11.0. The molecule has 1 atom stereocenters. The van der Waals surface area contributed by atoms with Gasteiger partial charge in [0.25, 0.3) is 11.5 Å². The van der Waals surface area contributed by atoms with Crippen LogP contribution < -0.4 is 5.56 Å². The van der Waals surface area contributed by atoms with Crippen molar-refractivity contribution >= 4 is 5.91 Å². The van der Waals surface area contributed by atoms with E-state index in [-0.39, 0.29) is 11.5 Å². The second-order valence-electron chi connectivity index (χ2n) is 8.07. The van der Waals surface area contributed by atoms with E-state index in [1.54, 1.807) is 23.1 Å². The van der Waals surface area contributed by atoms with Gasteiger partial charge in [0.2, 0.25) is 0 Å². The molecule has 9 nitrogen and oxygen atoms in total. The highest BCUT2D eigenvalue weighted by Gasteiger charge is 2.32. The predicted molar refractivity (Wildman–Crippen MR) is 117 cm³/mol. The summed E-state index contributed by atoms with van der Waals surface area (Å²) in [5, 5.41) is 8.59. The smallest absolute Gasteiger partial charge is 0.266 e. The van der Waals surface area contributed by atoms with Gasteiger partial charge in [0.1, 0.15) is 0 Å². The fraction of sp³-hybridized carbons (Fsp3) is 0.391. The fourth-order valence-electron chi connectivity index (χ4n) is 4.32. The molecule has 0 aliphatic carbocycles. The Balaban J connectivity index is 1.17. The van der Waals surface area contributed by atoms with Crippen molar-refractivity contribution in [2.75, 3.05) is 39.3 Å². The van der Waals surface area contributed by atoms with E-state index in [1.165, 1.54) is 16.3 Å². The van der Waals surface area contributed by atoms with Gasteiger partial charge >= 0.3 is 0 Å². The number of carbonyl (C=O) groups is 1. The Labute approximate surface area is 185 Å². The Hall–Kier alpha value is -3.30. The van der Waals surface area contributed by atoms with Crippen LogP contribution in [0.3, 0.4) is 0 Å². The number of aromatic nitrogens is 4. The van der Waals surface area contributed by atoms with Gasteiger partial charge in [-0.25, -0.2) is 9.36 Å². The van der Waals surface area contributed by atoms with E-state index in [1.807, 2.05) is 29.2 Å². The second kappa shape index (κ2) is 9.05. The standard InChI is InChI=1S/C23H26N6O3/c30-21-7-6-20(28-10-3-9-24-28)25-29(21)16-13-26-11-14-27(15-12-26)23(31)22-19-5-2-1-4-18(19)8-17-32-22/h1-7,9-10,22H,8,11-17H2. The summed E-state index contributed by atoms with van der Waals surface area (Å²) in [5.41, 5.74) is 2.06. The number of hydrogen-bond donors (Lipinski definition) is 0. The molecule has 0 N–H and O–H groups in total. The monoisotopic (exact) mass is 434 g/mol. The third kappa shape index (κ3) is 4.21. The summed E-state index contributed by atoms with van der Waals surface area (Å²) in [5.74, 6) is 0.652. The first kappa shape index (κ1) is 20.6. The number of rotatable bonds is 5. The van der Waals surface area contributed by atoms with Crippen molar-refractivity contribution in [3.05, 3.63) is 76.3 Å². The average Bonchev–Trinajstić information content (AvgIpc) is 3.38. The zero-order chi connectivity index (χ0) is 21.9. The Morgan fingerprint density at radius 1 is 1.03 bits per heavy atom. The predicted octanol–water partition coefficient (Wildman–Crippen LogP) is 0.887. The van der Waals surface area contributed by atoms with E-state index < -0.39 is 6.10 Å². The van der Waals surface area contributed by atoms with Crippen molar-refractivity contribution in [2.24, 2.45) is 0 Å². The number of carbonyl (C=O) groups excluding carboxylic acids is 1. The zero-order valence-corrected chi connectivity index (χ0v) is 17.8. The number of benzene rings is 1. The van der Waals surface area contributed by atoms with Crippen LogP contribution in [0.4, 0.5) is 0 Å². The minimum atomic E-state index is -0.501. The molecule has 32 heavy (non-hydrogen) atoms. The summed E-state index contributed by atoms with van der Waals surface area (Å²) in [7, 11) is 0. The third-order valence-corrected chi connectivity index (χ3v) is 6.12. The number of hydrogen-bond acceptors (Lipinski definition) is 6. The lowest BCUT2D eigenvalue weighted by atomic mass is 9.96. The molecule has 2 aliphatic rings. The summed E-state index contributed by atoms with van der Waals surface area (Å²) in [6.45, 7) is 4.57. The topological polar surface area (TPSA) is 85.5 Å². The number of nitrogens with zero attached hydrogens (tertiary/aromatic N) is 6. The van der Waals surface area contributed by atoms with Crippen LogP contribution >= 0.6 is 0 Å². The van der Waals surface area contributed by atoms with E-state index in [2.05, 4.69) is 21.2 Å². The van der Waals surface area contributed by atoms with Gasteiger partial charge in [0.15, 0.2) is 11.9 Å². The van der Waals surface area contributed by atoms with Crippen molar-refractivity contribution in [2.45, 2.75) is 19.1 Å². The molecule has 1 fully saturated rings. The zero-order valence-electron chi connectivity index (χ0n) is 17.8. The quantitative estimate of drug-likeness (QED) is 0.593. The van der Waals surface area contributed by atoms with Crippen LogP contribution in [-0.4, -0.2) is 74.6 Å². The van der Waals surface area contributed by atoms with E-state index in [0.29, 0.717) is 38.6 Å². The van der Waals surface area contributed by atoms with E-state index >= 15 is 0 Å². The summed E-state index contributed by atoms with van der Waals surface area (Å²) in [4.78, 5) is 29.5. The maximum atomic E-state index is 13.1. The number of ether oxygens (including phenoxy) is 1. The molecule has 0 spiro atoms. The summed E-state index contributed by atoms with van der Waals surface area (Å²) in [6, 6.07) is 13.0. The van der Waals surface area contributed by atoms with Crippen molar-refractivity contribution in [1.82, 2.24) is 29.4 Å². The Kier molecular flexibility index (Phi) is 5.83. The van der Waals surface area contributed by atoms with Crippen LogP contribution in [0, 0.1) is 0 Å². The summed E-state index contributed by atoms with van der Waals surface area (Å²) >= 11 is 0. The van der Waals surface area contributed by atoms with Gasteiger partial charge in [0.05, 0.1) is 13.2 Å². The van der Waals surface area contributed by atoms with Crippen LogP contribution in [0.1, 0.15) is 17.2 Å². The van der Waals surface area contributed by atoms with Crippen LogP contribution in [0.25, 0.3) is 5.82 Å². The molecule has 4 heterocycles. The molecule has 166 valence electrons. The van der Waals surface area contributed by atoms with Gasteiger partial charge in [-0.3, -0.25) is 14.5 Å². The molecule has 3 aromatic rings. The highest BCUT2D eigenvalue weighted by Crippen LogP contribution is 2.28. The minimum absolute atomic E-state index is 0.0432. The van der Waals surface area contributed by atoms with Crippen LogP contribution in [0.15, 0.2) is 59.7 Å². The van der Waals surface area contributed by atoms with Crippen molar-refractivity contribution in [3.63, 3.8) is 0 Å². The molecule has 0 radical (unpaired) electrons. The molecular weight excluding hydrogens is 408 g/mol. The molecule has 0 bridgehead atoms. The van der Waals surface area contributed by atoms with Crippen molar-refractivity contribution < 1.29 is 9.53 Å². The summed E-state index contributed by atoms with van der Waals surface area (Å²) < 4.78 is 8.95. The molecule has 2 aromatic heterocycles. The Morgan fingerprint density at radius 3 is 2.69 bits per heavy atom.